The van der Waals surface area contributed by atoms with Gasteiger partial charge in [-0.25, -0.2) is 4.99 Å². The number of amidine groups is 1. The van der Waals surface area contributed by atoms with Gasteiger partial charge in [0.15, 0.2) is 5.66 Å². The second-order valence-corrected chi connectivity index (χ2v) is 6.96. The number of amides is 1. The second-order valence-electron chi connectivity index (χ2n) is 6.96. The number of nitrogens with zero attached hydrogens (tertiary/aromatic N) is 2. The van der Waals surface area contributed by atoms with Crippen molar-refractivity contribution in [2.24, 2.45) is 4.99 Å². The van der Waals surface area contributed by atoms with Gasteiger partial charge in [0.1, 0.15) is 0 Å². The van der Waals surface area contributed by atoms with E-state index in [1.54, 1.807) is 0 Å². The molecule has 26 heavy (non-hydrogen) atoms. The van der Waals surface area contributed by atoms with Gasteiger partial charge in [-0.1, -0.05) is 49.2 Å². The van der Waals surface area contributed by atoms with Gasteiger partial charge in [0.05, 0.1) is 5.69 Å². The summed E-state index contributed by atoms with van der Waals surface area (Å²) in [4.78, 5) is 17.7. The van der Waals surface area contributed by atoms with Gasteiger partial charge in [-0.05, 0) is 49.9 Å². The molecule has 0 saturated heterocycles. The summed E-state index contributed by atoms with van der Waals surface area (Å²) in [5.41, 5.74) is 4.73. The highest BCUT2D eigenvalue weighted by atomic mass is 16.2. The quantitative estimate of drug-likeness (QED) is 0.878. The van der Waals surface area contributed by atoms with Crippen molar-refractivity contribution >= 4 is 23.1 Å². The molecule has 0 unspecified atom stereocenters. The van der Waals surface area contributed by atoms with Crippen molar-refractivity contribution < 1.29 is 4.79 Å². The van der Waals surface area contributed by atoms with Crippen molar-refractivity contribution in [3.63, 3.8) is 0 Å². The number of rotatable bonds is 3. The molecule has 4 rings (SSSR count). The fourth-order valence-corrected chi connectivity index (χ4v) is 3.82. The van der Waals surface area contributed by atoms with Crippen LogP contribution in [-0.4, -0.2) is 17.4 Å². The number of benzene rings is 2. The Bertz CT molecular complexity index is 780. The second kappa shape index (κ2) is 7.20. The maximum Gasteiger partial charge on any atom is 0.292 e. The summed E-state index contributed by atoms with van der Waals surface area (Å²) in [5, 5.41) is 5.03. The molecule has 1 heterocycles. The largest absolute Gasteiger partial charge is 0.319 e. The summed E-state index contributed by atoms with van der Waals surface area (Å²) in [6.45, 7) is 0. The molecule has 1 amide bonds. The van der Waals surface area contributed by atoms with Crippen molar-refractivity contribution in [3.8, 4) is 0 Å². The average molecular weight is 348 g/mol. The Hall–Kier alpha value is -2.82. The minimum Gasteiger partial charge on any atom is -0.319 e. The van der Waals surface area contributed by atoms with Crippen molar-refractivity contribution in [3.05, 3.63) is 60.7 Å². The van der Waals surface area contributed by atoms with Gasteiger partial charge in [-0.15, -0.1) is 0 Å². The maximum absolute atomic E-state index is 12.8. The molecule has 1 spiro atoms. The number of carbonyl (C=O) groups excluding carboxylic acids is 1. The van der Waals surface area contributed by atoms with Gasteiger partial charge >= 0.3 is 0 Å². The lowest BCUT2D eigenvalue weighted by Gasteiger charge is -2.36. The van der Waals surface area contributed by atoms with E-state index in [4.69, 9.17) is 4.99 Å². The van der Waals surface area contributed by atoms with Crippen LogP contribution in [0.25, 0.3) is 0 Å². The molecule has 2 aromatic rings. The molecule has 1 fully saturated rings. The molecular formula is C21H24N4O. The van der Waals surface area contributed by atoms with E-state index < -0.39 is 0 Å². The van der Waals surface area contributed by atoms with Crippen LogP contribution in [0.2, 0.25) is 0 Å². The molecule has 0 atom stereocenters. The molecule has 5 heteroatoms. The highest BCUT2D eigenvalue weighted by Crippen LogP contribution is 2.38. The normalized spacial score (nSPS) is 18.8. The lowest BCUT2D eigenvalue weighted by molar-refractivity contribution is -0.110. The zero-order valence-corrected chi connectivity index (χ0v) is 14.8. The predicted molar refractivity (Wildman–Crippen MR) is 105 cm³/mol. The zero-order chi connectivity index (χ0) is 17.8. The first-order valence-electron chi connectivity index (χ1n) is 9.35. The Morgan fingerprint density at radius 3 is 2.19 bits per heavy atom. The smallest absolute Gasteiger partial charge is 0.292 e. The van der Waals surface area contributed by atoms with Crippen molar-refractivity contribution in [2.45, 2.75) is 44.2 Å². The van der Waals surface area contributed by atoms with E-state index in [2.05, 4.69) is 27.9 Å². The zero-order valence-electron chi connectivity index (χ0n) is 14.8. The Labute approximate surface area is 154 Å². The Morgan fingerprint density at radius 2 is 1.54 bits per heavy atom. The third-order valence-corrected chi connectivity index (χ3v) is 5.12. The first-order valence-corrected chi connectivity index (χ1v) is 9.35. The minimum atomic E-state index is -0.374. The van der Waals surface area contributed by atoms with E-state index in [1.165, 1.54) is 12.8 Å². The van der Waals surface area contributed by atoms with E-state index in [1.807, 2.05) is 48.5 Å². The first kappa shape index (κ1) is 16.6. The first-order chi connectivity index (χ1) is 12.8. The number of hydrogen-bond donors (Lipinski definition) is 2. The summed E-state index contributed by atoms with van der Waals surface area (Å²) in [6.07, 6.45) is 6.62. The van der Waals surface area contributed by atoms with Gasteiger partial charge in [0.25, 0.3) is 5.91 Å². The van der Waals surface area contributed by atoms with Crippen LogP contribution in [0.3, 0.4) is 0 Å². The number of hydrogen-bond acceptors (Lipinski definition) is 4. The molecule has 0 aromatic heterocycles. The molecule has 1 aliphatic heterocycles. The lowest BCUT2D eigenvalue weighted by atomic mass is 10.00. The molecule has 5 nitrogen and oxygen atoms in total. The molecule has 0 bridgehead atoms. The van der Waals surface area contributed by atoms with Gasteiger partial charge < -0.3 is 5.32 Å². The number of carbonyl (C=O) groups is 1. The third-order valence-electron chi connectivity index (χ3n) is 5.12. The van der Waals surface area contributed by atoms with Gasteiger partial charge in [-0.2, -0.15) is 0 Å². The van der Waals surface area contributed by atoms with Crippen LogP contribution >= 0.6 is 0 Å². The Kier molecular flexibility index (Phi) is 4.61. The van der Waals surface area contributed by atoms with Crippen LogP contribution in [0, 0.1) is 0 Å². The monoisotopic (exact) mass is 348 g/mol. The molecule has 1 aliphatic carbocycles. The Morgan fingerprint density at radius 1 is 0.923 bits per heavy atom. The fourth-order valence-electron chi connectivity index (χ4n) is 3.82. The molecule has 2 aliphatic rings. The summed E-state index contributed by atoms with van der Waals surface area (Å²) in [6, 6.07) is 19.7. The number of anilines is 2. The van der Waals surface area contributed by atoms with Crippen molar-refractivity contribution in [1.82, 2.24) is 5.43 Å². The number of nitrogens with one attached hydrogen (secondary N) is 2. The van der Waals surface area contributed by atoms with Crippen LogP contribution in [-0.2, 0) is 4.79 Å². The summed E-state index contributed by atoms with van der Waals surface area (Å²) in [7, 11) is 0. The SMILES string of the molecule is O=C(Nc1ccccc1)C1=NC2(CCCCCC2)N(c2ccccc2)N1. The van der Waals surface area contributed by atoms with Crippen molar-refractivity contribution in [2.75, 3.05) is 10.3 Å². The summed E-state index contributed by atoms with van der Waals surface area (Å²) >= 11 is 0. The minimum absolute atomic E-state index is 0.196. The molecular weight excluding hydrogens is 324 g/mol. The summed E-state index contributed by atoms with van der Waals surface area (Å²) in [5.74, 6) is 0.192. The van der Waals surface area contributed by atoms with Gasteiger partial charge in [0.2, 0.25) is 5.84 Å². The van der Waals surface area contributed by atoms with Crippen LogP contribution < -0.4 is 15.8 Å². The summed E-state index contributed by atoms with van der Waals surface area (Å²) < 4.78 is 0. The van der Waals surface area contributed by atoms with Crippen LogP contribution in [0.1, 0.15) is 38.5 Å². The van der Waals surface area contributed by atoms with E-state index in [9.17, 15) is 4.79 Å². The van der Waals surface area contributed by atoms with Crippen molar-refractivity contribution in [1.29, 1.82) is 0 Å². The number of para-hydroxylation sites is 2. The van der Waals surface area contributed by atoms with E-state index in [0.717, 1.165) is 37.1 Å². The molecule has 1 saturated carbocycles. The van der Waals surface area contributed by atoms with E-state index in [-0.39, 0.29) is 11.6 Å². The fraction of sp³-hybridized carbons (Fsp3) is 0.333. The standard InChI is InChI=1S/C21H24N4O/c26-20(22-17-11-5-3-6-12-17)19-23-21(15-9-1-2-10-16-21)25(24-19)18-13-7-4-8-14-18/h3-8,11-14H,1-2,9-10,15-16H2,(H,22,26)(H,23,24). The topological polar surface area (TPSA) is 56.7 Å². The number of hydrazine groups is 1. The maximum atomic E-state index is 12.8. The van der Waals surface area contributed by atoms with Gasteiger partial charge in [0, 0.05) is 5.69 Å². The highest BCUT2D eigenvalue weighted by Gasteiger charge is 2.44. The Balaban J connectivity index is 1.62. The lowest BCUT2D eigenvalue weighted by Crippen LogP contribution is -2.51. The molecule has 2 aromatic carbocycles. The van der Waals surface area contributed by atoms with Crippen LogP contribution in [0.15, 0.2) is 65.7 Å². The van der Waals surface area contributed by atoms with E-state index >= 15 is 0 Å². The number of aliphatic imine (C=N–C) groups is 1. The van der Waals surface area contributed by atoms with Gasteiger partial charge in [-0.3, -0.25) is 15.2 Å². The molecule has 2 N–H and O–H groups in total. The predicted octanol–water partition coefficient (Wildman–Crippen LogP) is 4.10. The van der Waals surface area contributed by atoms with Crippen LogP contribution in [0.4, 0.5) is 11.4 Å². The molecule has 134 valence electrons. The average Bonchev–Trinajstić information content (AvgIpc) is 2.89. The highest BCUT2D eigenvalue weighted by molar-refractivity contribution is 6.43. The van der Waals surface area contributed by atoms with Crippen LogP contribution in [0.5, 0.6) is 0 Å². The molecule has 0 radical (unpaired) electrons. The third kappa shape index (κ3) is 3.29. The van der Waals surface area contributed by atoms with E-state index in [0.29, 0.717) is 5.84 Å².